The highest BCUT2D eigenvalue weighted by atomic mass is 19.3. The average Bonchev–Trinajstić information content (AvgIpc) is 2.24. The molecular formula is C12H16F2N2O. The molecule has 3 nitrogen and oxygen atoms in total. The third kappa shape index (κ3) is 4.11. The zero-order valence-corrected chi connectivity index (χ0v) is 9.89. The van der Waals surface area contributed by atoms with E-state index in [1.165, 1.54) is 0 Å². The molecule has 0 atom stereocenters. The molecule has 1 rings (SSSR count). The molecule has 0 fully saturated rings. The fraction of sp³-hybridized carbons (Fsp3) is 0.417. The summed E-state index contributed by atoms with van der Waals surface area (Å²) in [5, 5.41) is 2.18. The van der Waals surface area contributed by atoms with Crippen LogP contribution in [0.25, 0.3) is 0 Å². The summed E-state index contributed by atoms with van der Waals surface area (Å²) in [6.45, 7) is 2.17. The Kier molecular flexibility index (Phi) is 4.17. The van der Waals surface area contributed by atoms with Crippen molar-refractivity contribution < 1.29 is 13.6 Å². The lowest BCUT2D eigenvalue weighted by atomic mass is 10.1. The zero-order valence-electron chi connectivity index (χ0n) is 9.89. The van der Waals surface area contributed by atoms with Crippen LogP contribution in [0.4, 0.5) is 8.78 Å². The standard InChI is InChI=1S/C12H16F2N2O/c1-8-3-9(2)5-10(4-8)11(17)16-7-12(13,14)6-15/h3-5H,6-7,15H2,1-2H3,(H,16,17). The van der Waals surface area contributed by atoms with E-state index in [0.29, 0.717) is 5.56 Å². The van der Waals surface area contributed by atoms with Gasteiger partial charge >= 0.3 is 0 Å². The van der Waals surface area contributed by atoms with Crippen LogP contribution in [0.2, 0.25) is 0 Å². The predicted octanol–water partition coefficient (Wildman–Crippen LogP) is 1.63. The van der Waals surface area contributed by atoms with Crippen molar-refractivity contribution in [3.63, 3.8) is 0 Å². The van der Waals surface area contributed by atoms with E-state index in [-0.39, 0.29) is 0 Å². The number of nitrogens with two attached hydrogens (primary N) is 1. The molecule has 3 N–H and O–H groups in total. The fourth-order valence-electron chi connectivity index (χ4n) is 1.49. The van der Waals surface area contributed by atoms with Crippen molar-refractivity contribution in [3.8, 4) is 0 Å². The van der Waals surface area contributed by atoms with Crippen LogP contribution < -0.4 is 11.1 Å². The highest BCUT2D eigenvalue weighted by molar-refractivity contribution is 5.94. The van der Waals surface area contributed by atoms with Crippen molar-refractivity contribution in [1.82, 2.24) is 5.32 Å². The molecule has 0 saturated carbocycles. The molecule has 0 spiro atoms. The van der Waals surface area contributed by atoms with E-state index in [9.17, 15) is 13.6 Å². The molecular weight excluding hydrogens is 226 g/mol. The lowest BCUT2D eigenvalue weighted by Gasteiger charge is -2.14. The van der Waals surface area contributed by atoms with Crippen LogP contribution in [-0.4, -0.2) is 24.9 Å². The molecule has 1 aromatic rings. The number of alkyl halides is 2. The first kappa shape index (κ1) is 13.6. The van der Waals surface area contributed by atoms with Crippen molar-refractivity contribution >= 4 is 5.91 Å². The summed E-state index contributed by atoms with van der Waals surface area (Å²) in [4.78, 5) is 11.6. The van der Waals surface area contributed by atoms with Gasteiger partial charge in [0.05, 0.1) is 13.1 Å². The maximum absolute atomic E-state index is 12.8. The van der Waals surface area contributed by atoms with Crippen LogP contribution in [0.1, 0.15) is 21.5 Å². The van der Waals surface area contributed by atoms with Crippen molar-refractivity contribution in [2.75, 3.05) is 13.1 Å². The quantitative estimate of drug-likeness (QED) is 0.843. The highest BCUT2D eigenvalue weighted by Crippen LogP contribution is 2.11. The topological polar surface area (TPSA) is 55.1 Å². The molecule has 1 amide bonds. The minimum Gasteiger partial charge on any atom is -0.346 e. The van der Waals surface area contributed by atoms with Crippen LogP contribution in [0.5, 0.6) is 0 Å². The molecule has 0 aliphatic carbocycles. The molecule has 0 aliphatic heterocycles. The number of halogens is 2. The maximum Gasteiger partial charge on any atom is 0.277 e. The van der Waals surface area contributed by atoms with Crippen LogP contribution in [0, 0.1) is 13.8 Å². The Morgan fingerprint density at radius 1 is 1.29 bits per heavy atom. The van der Waals surface area contributed by atoms with E-state index in [0.717, 1.165) is 11.1 Å². The highest BCUT2D eigenvalue weighted by Gasteiger charge is 2.27. The molecule has 17 heavy (non-hydrogen) atoms. The Bertz CT molecular complexity index is 399. The summed E-state index contributed by atoms with van der Waals surface area (Å²) in [6, 6.07) is 5.22. The van der Waals surface area contributed by atoms with Gasteiger partial charge in [0.2, 0.25) is 0 Å². The summed E-state index contributed by atoms with van der Waals surface area (Å²) < 4.78 is 25.7. The fourth-order valence-corrected chi connectivity index (χ4v) is 1.49. The summed E-state index contributed by atoms with van der Waals surface area (Å²) >= 11 is 0. The summed E-state index contributed by atoms with van der Waals surface area (Å²) in [7, 11) is 0. The number of hydrogen-bond donors (Lipinski definition) is 2. The minimum atomic E-state index is -3.06. The Hall–Kier alpha value is -1.49. The first-order chi connectivity index (χ1) is 7.84. The van der Waals surface area contributed by atoms with Crippen LogP contribution in [0.15, 0.2) is 18.2 Å². The van der Waals surface area contributed by atoms with E-state index in [1.54, 1.807) is 12.1 Å². The molecule has 0 bridgehead atoms. The average molecular weight is 242 g/mol. The van der Waals surface area contributed by atoms with Gasteiger partial charge in [-0.15, -0.1) is 0 Å². The largest absolute Gasteiger partial charge is 0.346 e. The van der Waals surface area contributed by atoms with E-state index < -0.39 is 24.9 Å². The molecule has 1 aromatic carbocycles. The maximum atomic E-state index is 12.8. The summed E-state index contributed by atoms with van der Waals surface area (Å²) in [5.74, 6) is -3.57. The van der Waals surface area contributed by atoms with Crippen LogP contribution in [-0.2, 0) is 0 Å². The normalized spacial score (nSPS) is 11.4. The number of aryl methyl sites for hydroxylation is 2. The van der Waals surface area contributed by atoms with Gasteiger partial charge in [0, 0.05) is 5.56 Å². The molecule has 94 valence electrons. The van der Waals surface area contributed by atoms with E-state index in [2.05, 4.69) is 5.32 Å². The van der Waals surface area contributed by atoms with Gasteiger partial charge in [0.15, 0.2) is 0 Å². The molecule has 0 aromatic heterocycles. The van der Waals surface area contributed by atoms with Crippen molar-refractivity contribution in [2.24, 2.45) is 5.73 Å². The Labute approximate surface area is 99.0 Å². The van der Waals surface area contributed by atoms with E-state index >= 15 is 0 Å². The third-order valence-corrected chi connectivity index (χ3v) is 2.29. The SMILES string of the molecule is Cc1cc(C)cc(C(=O)NCC(F)(F)CN)c1. The molecule has 5 heteroatoms. The van der Waals surface area contributed by atoms with Crippen LogP contribution in [0.3, 0.4) is 0 Å². The lowest BCUT2D eigenvalue weighted by Crippen LogP contribution is -2.41. The number of rotatable bonds is 4. The van der Waals surface area contributed by atoms with Crippen molar-refractivity contribution in [2.45, 2.75) is 19.8 Å². The van der Waals surface area contributed by atoms with Crippen LogP contribution >= 0.6 is 0 Å². The molecule has 0 unspecified atom stereocenters. The lowest BCUT2D eigenvalue weighted by molar-refractivity contribution is 0.0118. The van der Waals surface area contributed by atoms with Gasteiger partial charge in [-0.2, -0.15) is 0 Å². The van der Waals surface area contributed by atoms with Gasteiger partial charge in [-0.1, -0.05) is 17.2 Å². The Morgan fingerprint density at radius 2 is 1.82 bits per heavy atom. The second-order valence-corrected chi connectivity index (χ2v) is 4.12. The minimum absolute atomic E-state index is 0.385. The molecule has 0 heterocycles. The summed E-state index contributed by atoms with van der Waals surface area (Å²) in [6.07, 6.45) is 0. The Balaban J connectivity index is 2.70. The second kappa shape index (κ2) is 5.23. The van der Waals surface area contributed by atoms with Crippen molar-refractivity contribution in [1.29, 1.82) is 0 Å². The van der Waals surface area contributed by atoms with E-state index in [1.807, 2.05) is 19.9 Å². The number of nitrogens with one attached hydrogen (secondary N) is 1. The zero-order chi connectivity index (χ0) is 13.1. The number of carbonyl (C=O) groups is 1. The molecule has 0 aliphatic rings. The smallest absolute Gasteiger partial charge is 0.277 e. The van der Waals surface area contributed by atoms with Crippen molar-refractivity contribution in [3.05, 3.63) is 34.9 Å². The Morgan fingerprint density at radius 3 is 2.29 bits per heavy atom. The second-order valence-electron chi connectivity index (χ2n) is 4.12. The first-order valence-corrected chi connectivity index (χ1v) is 5.28. The molecule has 0 saturated heterocycles. The van der Waals surface area contributed by atoms with Gasteiger partial charge < -0.3 is 11.1 Å². The number of amides is 1. The summed E-state index contributed by atoms with van der Waals surface area (Å²) in [5.41, 5.74) is 7.10. The number of benzene rings is 1. The van der Waals surface area contributed by atoms with E-state index in [4.69, 9.17) is 5.73 Å². The number of carbonyl (C=O) groups excluding carboxylic acids is 1. The van der Waals surface area contributed by atoms with Gasteiger partial charge in [0.1, 0.15) is 0 Å². The molecule has 0 radical (unpaired) electrons. The van der Waals surface area contributed by atoms with Gasteiger partial charge in [-0.3, -0.25) is 4.79 Å². The van der Waals surface area contributed by atoms with Gasteiger partial charge in [-0.05, 0) is 26.0 Å². The predicted molar refractivity (Wildman–Crippen MR) is 62.3 cm³/mol. The third-order valence-electron chi connectivity index (χ3n) is 2.29. The number of hydrogen-bond acceptors (Lipinski definition) is 2. The van der Waals surface area contributed by atoms with Gasteiger partial charge in [-0.25, -0.2) is 8.78 Å². The monoisotopic (exact) mass is 242 g/mol. The first-order valence-electron chi connectivity index (χ1n) is 5.28. The van der Waals surface area contributed by atoms with Gasteiger partial charge in [0.25, 0.3) is 11.8 Å².